The van der Waals surface area contributed by atoms with Gasteiger partial charge in [0.05, 0.1) is 0 Å². The number of carbonyl (C=O) groups is 2. The second kappa shape index (κ2) is 9.34. The van der Waals surface area contributed by atoms with Crippen LogP contribution in [-0.4, -0.2) is 51.8 Å². The molecule has 0 radical (unpaired) electrons. The van der Waals surface area contributed by atoms with Gasteiger partial charge in [-0.2, -0.15) is 0 Å². The molecule has 8 heteroatoms. The smallest absolute Gasteiger partial charge is 0.355 e. The number of nitrogens with one attached hydrogen (secondary N) is 1. The van der Waals surface area contributed by atoms with Gasteiger partial charge in [0.25, 0.3) is 0 Å². The van der Waals surface area contributed by atoms with Crippen LogP contribution in [0.1, 0.15) is 41.9 Å². The number of hydrogen-bond donors (Lipinski definition) is 2. The number of likely N-dealkylation sites (tertiary alicyclic amines) is 1. The highest BCUT2D eigenvalue weighted by atomic mass is 32.2. The molecule has 6 nitrogen and oxygen atoms in total. The summed E-state index contributed by atoms with van der Waals surface area (Å²) in [4.78, 5) is 29.1. The van der Waals surface area contributed by atoms with Crippen molar-refractivity contribution in [2.45, 2.75) is 36.2 Å². The molecule has 144 valence electrons. The van der Waals surface area contributed by atoms with Crippen molar-refractivity contribution in [3.63, 3.8) is 0 Å². The van der Waals surface area contributed by atoms with Gasteiger partial charge in [-0.25, -0.2) is 9.78 Å². The molecule has 27 heavy (non-hydrogen) atoms. The molecule has 1 fully saturated rings. The molecule has 1 aromatic carbocycles. The maximum Gasteiger partial charge on any atom is 0.355 e. The summed E-state index contributed by atoms with van der Waals surface area (Å²) in [6.07, 6.45) is 1.47. The number of rotatable bonds is 9. The van der Waals surface area contributed by atoms with Gasteiger partial charge in [-0.1, -0.05) is 42.1 Å². The maximum atomic E-state index is 12.2. The van der Waals surface area contributed by atoms with Crippen molar-refractivity contribution < 1.29 is 14.7 Å². The minimum Gasteiger partial charge on any atom is -0.476 e. The number of carbonyl (C=O) groups excluding carboxylic acids is 1. The summed E-state index contributed by atoms with van der Waals surface area (Å²) in [5.74, 6) is -0.102. The molecular formula is C19H23N3O3S2. The molecule has 0 aliphatic carbocycles. The van der Waals surface area contributed by atoms with E-state index < -0.39 is 5.97 Å². The molecule has 0 bridgehead atoms. The fourth-order valence-electron chi connectivity index (χ4n) is 3.14. The average molecular weight is 406 g/mol. The lowest BCUT2D eigenvalue weighted by molar-refractivity contribution is -0.128. The van der Waals surface area contributed by atoms with Gasteiger partial charge >= 0.3 is 5.97 Å². The molecule has 0 saturated carbocycles. The topological polar surface area (TPSA) is 82.5 Å². The lowest BCUT2D eigenvalue weighted by atomic mass is 10.1. The molecule has 2 heterocycles. The van der Waals surface area contributed by atoms with Gasteiger partial charge in [0.1, 0.15) is 0 Å². The van der Waals surface area contributed by atoms with Crippen molar-refractivity contribution in [1.29, 1.82) is 0 Å². The van der Waals surface area contributed by atoms with Crippen molar-refractivity contribution in [2.24, 2.45) is 0 Å². The summed E-state index contributed by atoms with van der Waals surface area (Å²) >= 11 is 2.83. The average Bonchev–Trinajstić information content (AvgIpc) is 3.28. The second-order valence-electron chi connectivity index (χ2n) is 6.47. The van der Waals surface area contributed by atoms with Crippen molar-refractivity contribution >= 4 is 35.0 Å². The highest BCUT2D eigenvalue weighted by Crippen LogP contribution is 2.25. The zero-order valence-electron chi connectivity index (χ0n) is 15.1. The first-order valence-electron chi connectivity index (χ1n) is 8.94. The SMILES string of the molecule is CC(NC[C@H]1CCC(=O)N1CCSc1nc(C(=O)O)cs1)c1ccccc1. The quantitative estimate of drug-likeness (QED) is 0.623. The fourth-order valence-corrected chi connectivity index (χ4v) is 4.95. The van der Waals surface area contributed by atoms with E-state index in [9.17, 15) is 9.59 Å². The van der Waals surface area contributed by atoms with E-state index in [1.165, 1.54) is 28.7 Å². The van der Waals surface area contributed by atoms with E-state index in [1.807, 2.05) is 23.1 Å². The van der Waals surface area contributed by atoms with Crippen LogP contribution in [0.2, 0.25) is 0 Å². The zero-order chi connectivity index (χ0) is 19.2. The Morgan fingerprint density at radius 3 is 2.93 bits per heavy atom. The number of benzene rings is 1. The zero-order valence-corrected chi connectivity index (χ0v) is 16.8. The molecule has 2 atom stereocenters. The van der Waals surface area contributed by atoms with Gasteiger partial charge in [-0.05, 0) is 18.9 Å². The number of hydrogen-bond acceptors (Lipinski definition) is 6. The van der Waals surface area contributed by atoms with Crippen molar-refractivity contribution in [3.8, 4) is 0 Å². The lowest BCUT2D eigenvalue weighted by Gasteiger charge is -2.26. The molecule has 1 amide bonds. The first-order chi connectivity index (χ1) is 13.0. The van der Waals surface area contributed by atoms with Gasteiger partial charge < -0.3 is 15.3 Å². The van der Waals surface area contributed by atoms with Crippen LogP contribution in [0.5, 0.6) is 0 Å². The van der Waals surface area contributed by atoms with Crippen LogP contribution in [0.15, 0.2) is 40.1 Å². The number of carboxylic acid groups (broad SMARTS) is 1. The Hall–Kier alpha value is -1.90. The highest BCUT2D eigenvalue weighted by Gasteiger charge is 2.30. The first kappa shape index (κ1) is 19.9. The van der Waals surface area contributed by atoms with Crippen molar-refractivity contribution in [3.05, 3.63) is 47.0 Å². The minimum absolute atomic E-state index is 0.0803. The number of amides is 1. The van der Waals surface area contributed by atoms with E-state index in [4.69, 9.17) is 5.11 Å². The van der Waals surface area contributed by atoms with Crippen LogP contribution in [0, 0.1) is 0 Å². The lowest BCUT2D eigenvalue weighted by Crippen LogP contribution is -2.41. The van der Waals surface area contributed by atoms with Gasteiger partial charge in [-0.3, -0.25) is 4.79 Å². The van der Waals surface area contributed by atoms with Crippen LogP contribution >= 0.6 is 23.1 Å². The van der Waals surface area contributed by atoms with Gasteiger partial charge in [0.15, 0.2) is 10.0 Å². The van der Waals surface area contributed by atoms with Crippen LogP contribution in [0.3, 0.4) is 0 Å². The van der Waals surface area contributed by atoms with Gasteiger partial charge in [0.2, 0.25) is 5.91 Å². The van der Waals surface area contributed by atoms with Crippen LogP contribution in [0.25, 0.3) is 0 Å². The molecular weight excluding hydrogens is 382 g/mol. The monoisotopic (exact) mass is 405 g/mol. The predicted octanol–water partition coefficient (Wildman–Crippen LogP) is 3.28. The van der Waals surface area contributed by atoms with E-state index in [-0.39, 0.29) is 23.7 Å². The number of carboxylic acids is 1. The molecule has 1 unspecified atom stereocenters. The predicted molar refractivity (Wildman–Crippen MR) is 107 cm³/mol. The van der Waals surface area contributed by atoms with Crippen LogP contribution in [0.4, 0.5) is 0 Å². The molecule has 0 spiro atoms. The van der Waals surface area contributed by atoms with E-state index in [0.717, 1.165) is 17.3 Å². The summed E-state index contributed by atoms with van der Waals surface area (Å²) in [5, 5.41) is 14.0. The molecule has 2 aromatic rings. The second-order valence-corrected chi connectivity index (χ2v) is 8.67. The van der Waals surface area contributed by atoms with E-state index in [2.05, 4.69) is 29.4 Å². The Kier molecular flexibility index (Phi) is 6.87. The van der Waals surface area contributed by atoms with Crippen LogP contribution in [-0.2, 0) is 4.79 Å². The van der Waals surface area contributed by atoms with E-state index in [0.29, 0.717) is 18.7 Å². The molecule has 2 N–H and O–H groups in total. The minimum atomic E-state index is -1.01. The Balaban J connectivity index is 1.48. The van der Waals surface area contributed by atoms with Gasteiger partial charge in [0, 0.05) is 42.7 Å². The molecule has 1 aromatic heterocycles. The van der Waals surface area contributed by atoms with Gasteiger partial charge in [-0.15, -0.1) is 11.3 Å². The Bertz CT molecular complexity index is 782. The number of nitrogens with zero attached hydrogens (tertiary/aromatic N) is 2. The molecule has 3 rings (SSSR count). The number of thioether (sulfide) groups is 1. The molecule has 1 aliphatic heterocycles. The summed E-state index contributed by atoms with van der Waals surface area (Å²) in [6.45, 7) is 3.55. The Morgan fingerprint density at radius 1 is 1.44 bits per heavy atom. The first-order valence-corrected chi connectivity index (χ1v) is 10.8. The van der Waals surface area contributed by atoms with Crippen LogP contribution < -0.4 is 5.32 Å². The number of thiazole rings is 1. The van der Waals surface area contributed by atoms with Crippen molar-refractivity contribution in [2.75, 3.05) is 18.8 Å². The summed E-state index contributed by atoms with van der Waals surface area (Å²) in [5.41, 5.74) is 1.32. The third-order valence-electron chi connectivity index (χ3n) is 4.67. The fraction of sp³-hybridized carbons (Fsp3) is 0.421. The number of aromatic nitrogens is 1. The Morgan fingerprint density at radius 2 is 2.22 bits per heavy atom. The summed E-state index contributed by atoms with van der Waals surface area (Å²) in [7, 11) is 0. The normalized spacial score (nSPS) is 18.0. The molecule has 1 saturated heterocycles. The highest BCUT2D eigenvalue weighted by molar-refractivity contribution is 8.01. The van der Waals surface area contributed by atoms with E-state index >= 15 is 0 Å². The maximum absolute atomic E-state index is 12.2. The van der Waals surface area contributed by atoms with Crippen molar-refractivity contribution in [1.82, 2.24) is 15.2 Å². The van der Waals surface area contributed by atoms with E-state index in [1.54, 1.807) is 5.38 Å². The third kappa shape index (κ3) is 5.31. The molecule has 1 aliphatic rings. The summed E-state index contributed by atoms with van der Waals surface area (Å²) in [6, 6.07) is 10.7. The Labute approximate surface area is 167 Å². The third-order valence-corrected chi connectivity index (χ3v) is 6.67. The summed E-state index contributed by atoms with van der Waals surface area (Å²) < 4.78 is 0.728. The standard InChI is InChI=1S/C19H23N3O3S2/c1-13(14-5-3-2-4-6-14)20-11-15-7-8-17(23)22(15)9-10-26-19-21-16(12-27-19)18(24)25/h2-6,12-13,15,20H,7-11H2,1H3,(H,24,25)/t13?,15-/m1/s1. The largest absolute Gasteiger partial charge is 0.476 e. The number of aromatic carboxylic acids is 1.